The minimum atomic E-state index is -0.160. The van der Waals surface area contributed by atoms with Gasteiger partial charge in [0.1, 0.15) is 0 Å². The second-order valence-electron chi connectivity index (χ2n) is 25.5. The highest BCUT2D eigenvalue weighted by Crippen LogP contribution is 2.55. The van der Waals surface area contributed by atoms with Gasteiger partial charge in [-0.25, -0.2) is 0 Å². The quantitative estimate of drug-likeness (QED) is 0.0548. The molecule has 0 radical (unpaired) electrons. The number of nitro groups is 1. The number of hydrogen-bond donors (Lipinski definition) is 0. The van der Waals surface area contributed by atoms with Crippen molar-refractivity contribution in [1.82, 2.24) is 0 Å². The van der Waals surface area contributed by atoms with E-state index in [2.05, 4.69) is 270 Å². The predicted molar refractivity (Wildman–Crippen MR) is 353 cm³/mol. The Morgan fingerprint density at radius 1 is 0.341 bits per heavy atom. The molecular formula is C76H84N4O2. The van der Waals surface area contributed by atoms with Gasteiger partial charge in [-0.1, -0.05) is 213 Å². The molecule has 0 aliphatic carbocycles. The Labute approximate surface area is 488 Å². The van der Waals surface area contributed by atoms with E-state index in [1.165, 1.54) is 61.4 Å². The van der Waals surface area contributed by atoms with Crippen LogP contribution in [0.3, 0.4) is 0 Å². The zero-order valence-electron chi connectivity index (χ0n) is 51.4. The summed E-state index contributed by atoms with van der Waals surface area (Å²) in [6.07, 6.45) is 4.89. The highest BCUT2D eigenvalue weighted by Gasteiger charge is 2.33. The van der Waals surface area contributed by atoms with E-state index in [4.69, 9.17) is 0 Å². The van der Waals surface area contributed by atoms with E-state index in [1.54, 1.807) is 0 Å². The predicted octanol–water partition coefficient (Wildman–Crippen LogP) is 22.2. The SMILES string of the molecule is CCc1cccc(CC)c1N(c1ccc(C(C)(C)C)cc1)c1cc(N(c2ccc(C(C)(C)C)cc2)c2c(CC)cccc2CC)c2ccc3c([N+](=O)[O-])cc(N(c4ccc(C(C)(C)C)cc4)c4c(CC)cccc4CC)c4ccc1c2c43. The van der Waals surface area contributed by atoms with Gasteiger partial charge in [-0.3, -0.25) is 10.1 Å². The van der Waals surface area contributed by atoms with E-state index in [1.807, 2.05) is 12.1 Å². The highest BCUT2D eigenvalue weighted by atomic mass is 16.6. The topological polar surface area (TPSA) is 52.9 Å². The van der Waals surface area contributed by atoms with E-state index in [0.717, 1.165) is 105 Å². The summed E-state index contributed by atoms with van der Waals surface area (Å²) in [5, 5.41) is 19.6. The van der Waals surface area contributed by atoms with Gasteiger partial charge in [-0.15, -0.1) is 0 Å². The van der Waals surface area contributed by atoms with Crippen molar-refractivity contribution < 1.29 is 4.92 Å². The van der Waals surface area contributed by atoms with Crippen molar-refractivity contribution in [3.05, 3.63) is 224 Å². The van der Waals surface area contributed by atoms with Crippen LogP contribution in [-0.2, 0) is 54.8 Å². The van der Waals surface area contributed by atoms with Crippen LogP contribution in [0.1, 0.15) is 154 Å². The van der Waals surface area contributed by atoms with Gasteiger partial charge in [0.05, 0.1) is 44.4 Å². The molecule has 0 heterocycles. The Morgan fingerprint density at radius 3 is 0.829 bits per heavy atom. The fourth-order valence-electron chi connectivity index (χ4n) is 12.6. The average Bonchev–Trinajstić information content (AvgIpc) is 1.96. The van der Waals surface area contributed by atoms with E-state index >= 15 is 0 Å². The van der Waals surface area contributed by atoms with Gasteiger partial charge in [0.2, 0.25) is 0 Å². The maximum atomic E-state index is 14.1. The number of anilines is 9. The summed E-state index contributed by atoms with van der Waals surface area (Å²) in [6.45, 7) is 33.8. The Bertz CT molecular complexity index is 3760. The number of non-ortho nitro benzene ring substituents is 1. The van der Waals surface area contributed by atoms with Crippen LogP contribution in [0.25, 0.3) is 32.3 Å². The Hall–Kier alpha value is -7.96. The van der Waals surface area contributed by atoms with Crippen LogP contribution in [0, 0.1) is 10.1 Å². The molecule has 6 heteroatoms. The molecule has 0 aromatic heterocycles. The number of benzene rings is 10. The zero-order valence-corrected chi connectivity index (χ0v) is 51.4. The number of nitrogens with zero attached hydrogens (tertiary/aromatic N) is 4. The molecule has 420 valence electrons. The molecule has 10 rings (SSSR count). The summed E-state index contributed by atoms with van der Waals surface area (Å²) in [7, 11) is 0. The highest BCUT2D eigenvalue weighted by molar-refractivity contribution is 6.32. The normalized spacial score (nSPS) is 12.2. The molecule has 0 aliphatic rings. The first kappa shape index (κ1) is 57.3. The molecule has 0 amide bonds. The molecule has 10 aromatic rings. The van der Waals surface area contributed by atoms with Crippen molar-refractivity contribution in [3.63, 3.8) is 0 Å². The number of nitro benzene ring substituents is 1. The van der Waals surface area contributed by atoms with Crippen LogP contribution in [-0.4, -0.2) is 4.92 Å². The third-order valence-corrected chi connectivity index (χ3v) is 17.3. The Morgan fingerprint density at radius 2 is 0.585 bits per heavy atom. The molecule has 82 heavy (non-hydrogen) atoms. The third-order valence-electron chi connectivity index (χ3n) is 17.3. The largest absolute Gasteiger partial charge is 0.309 e. The van der Waals surface area contributed by atoms with E-state index in [0.29, 0.717) is 5.39 Å². The average molecular weight is 1090 g/mol. The second-order valence-corrected chi connectivity index (χ2v) is 25.5. The first-order valence-corrected chi connectivity index (χ1v) is 30.1. The molecule has 0 aliphatic heterocycles. The van der Waals surface area contributed by atoms with E-state index in [-0.39, 0.29) is 26.9 Å². The smallest absolute Gasteiger partial charge is 0.279 e. The third kappa shape index (κ3) is 10.3. The van der Waals surface area contributed by atoms with Gasteiger partial charge >= 0.3 is 0 Å². The lowest BCUT2D eigenvalue weighted by Crippen LogP contribution is -2.19. The van der Waals surface area contributed by atoms with Crippen molar-refractivity contribution in [2.24, 2.45) is 0 Å². The maximum Gasteiger partial charge on any atom is 0.279 e. The molecule has 0 fully saturated rings. The van der Waals surface area contributed by atoms with Gasteiger partial charge < -0.3 is 14.7 Å². The fourth-order valence-corrected chi connectivity index (χ4v) is 12.6. The molecule has 0 saturated heterocycles. The first-order chi connectivity index (χ1) is 39.2. The van der Waals surface area contributed by atoms with Crippen LogP contribution in [0.5, 0.6) is 0 Å². The zero-order chi connectivity index (χ0) is 58.6. The fraction of sp³-hybridized carbons (Fsp3) is 0.316. The Balaban J connectivity index is 1.45. The monoisotopic (exact) mass is 1080 g/mol. The lowest BCUT2D eigenvalue weighted by Gasteiger charge is -2.36. The van der Waals surface area contributed by atoms with Gasteiger partial charge in [0.15, 0.2) is 0 Å². The number of hydrogen-bond acceptors (Lipinski definition) is 5. The number of aryl methyl sites for hydroxylation is 6. The summed E-state index contributed by atoms with van der Waals surface area (Å²) in [6, 6.07) is 60.5. The minimum absolute atomic E-state index is 0.0589. The van der Waals surface area contributed by atoms with Crippen molar-refractivity contribution in [1.29, 1.82) is 0 Å². The van der Waals surface area contributed by atoms with Crippen molar-refractivity contribution in [2.75, 3.05) is 14.7 Å². The van der Waals surface area contributed by atoms with E-state index in [9.17, 15) is 10.1 Å². The minimum Gasteiger partial charge on any atom is -0.309 e. The molecule has 0 atom stereocenters. The van der Waals surface area contributed by atoms with Crippen LogP contribution in [0.15, 0.2) is 164 Å². The van der Waals surface area contributed by atoms with Crippen molar-refractivity contribution in [3.8, 4) is 0 Å². The molecule has 10 aromatic carbocycles. The van der Waals surface area contributed by atoms with Crippen molar-refractivity contribution >= 4 is 89.2 Å². The van der Waals surface area contributed by atoms with Gasteiger partial charge in [0.25, 0.3) is 5.69 Å². The molecule has 0 unspecified atom stereocenters. The van der Waals surface area contributed by atoms with Crippen LogP contribution >= 0.6 is 0 Å². The number of para-hydroxylation sites is 3. The van der Waals surface area contributed by atoms with Crippen molar-refractivity contribution in [2.45, 2.75) is 159 Å². The van der Waals surface area contributed by atoms with Crippen LogP contribution in [0.4, 0.5) is 56.9 Å². The summed E-state index contributed by atoms with van der Waals surface area (Å²) in [4.78, 5) is 21.4. The lowest BCUT2D eigenvalue weighted by molar-refractivity contribution is -0.383. The van der Waals surface area contributed by atoms with Crippen LogP contribution in [0.2, 0.25) is 0 Å². The molecule has 6 nitrogen and oxygen atoms in total. The molecule has 0 spiro atoms. The van der Waals surface area contributed by atoms with Crippen LogP contribution < -0.4 is 14.7 Å². The molecule has 0 N–H and O–H groups in total. The standard InChI is InChI=1S/C76H84N4O2/c1-16-49-25-22-26-50(17-2)71(49)77(58-37-31-55(32-38-58)74(7,8)9)65-47-66(78(59-39-33-56(34-40-59)75(10,11)12)72-51(18-3)27-23-28-52(72)19-4)62-45-46-64-68(80(81)82)48-67(63-44-43-61(65)69(62)70(63)64)79(60-41-35-57(36-42-60)76(13,14)15)73-53(20-5)29-24-30-54(73)21-6/h22-48H,16-21H2,1-15H3. The molecule has 0 bridgehead atoms. The number of rotatable bonds is 16. The van der Waals surface area contributed by atoms with Gasteiger partial charge in [0, 0.05) is 50.1 Å². The Kier molecular flexibility index (Phi) is 15.7. The maximum absolute atomic E-state index is 14.1. The molecule has 0 saturated carbocycles. The van der Waals surface area contributed by atoms with Gasteiger partial charge in [-0.2, -0.15) is 0 Å². The summed E-state index contributed by atoms with van der Waals surface area (Å²) in [5.74, 6) is 0. The second kappa shape index (κ2) is 22.4. The summed E-state index contributed by atoms with van der Waals surface area (Å²) < 4.78 is 0. The lowest BCUT2D eigenvalue weighted by atomic mass is 9.86. The van der Waals surface area contributed by atoms with Gasteiger partial charge in [-0.05, 0) is 153 Å². The summed E-state index contributed by atoms with van der Waals surface area (Å²) >= 11 is 0. The summed E-state index contributed by atoms with van der Waals surface area (Å²) in [5.41, 5.74) is 20.2. The van der Waals surface area contributed by atoms with E-state index < -0.39 is 0 Å². The molecular weight excluding hydrogens is 1000 g/mol. The first-order valence-electron chi connectivity index (χ1n) is 30.1.